The van der Waals surface area contributed by atoms with Gasteiger partial charge < -0.3 is 15.0 Å². The van der Waals surface area contributed by atoms with Gasteiger partial charge in [0.25, 0.3) is 0 Å². The lowest BCUT2D eigenvalue weighted by Gasteiger charge is -2.37. The van der Waals surface area contributed by atoms with Gasteiger partial charge in [-0.3, -0.25) is 9.69 Å². The van der Waals surface area contributed by atoms with Gasteiger partial charge >= 0.3 is 0 Å². The maximum absolute atomic E-state index is 12.4. The minimum absolute atomic E-state index is 0. The van der Waals surface area contributed by atoms with Crippen LogP contribution >= 0.6 is 36.4 Å². The van der Waals surface area contributed by atoms with Gasteiger partial charge in [0.1, 0.15) is 6.04 Å². The van der Waals surface area contributed by atoms with Crippen molar-refractivity contribution >= 4 is 42.3 Å². The summed E-state index contributed by atoms with van der Waals surface area (Å²) in [6.07, 6.45) is 0. The van der Waals surface area contributed by atoms with Crippen molar-refractivity contribution in [2.75, 3.05) is 45.9 Å². The Bertz CT molecular complexity index is 502. The Morgan fingerprint density at radius 1 is 1.17 bits per heavy atom. The molecule has 3 rings (SSSR count). The maximum Gasteiger partial charge on any atom is 0.242 e. The van der Waals surface area contributed by atoms with Gasteiger partial charge in [0, 0.05) is 44.3 Å². The van der Waals surface area contributed by atoms with Gasteiger partial charge in [0.05, 0.1) is 13.2 Å². The third-order valence-corrected chi connectivity index (χ3v) is 4.48. The number of carbonyl (C=O) groups is 1. The Morgan fingerprint density at radius 3 is 2.42 bits per heavy atom. The summed E-state index contributed by atoms with van der Waals surface area (Å²) in [5, 5.41) is 4.00. The second-order valence-electron chi connectivity index (χ2n) is 5.81. The highest BCUT2D eigenvalue weighted by Crippen LogP contribution is 2.13. The van der Waals surface area contributed by atoms with Crippen LogP contribution in [-0.2, 0) is 16.1 Å². The van der Waals surface area contributed by atoms with E-state index in [1.54, 1.807) is 0 Å². The van der Waals surface area contributed by atoms with E-state index in [1.165, 1.54) is 5.56 Å². The SMILES string of the molecule is Cl.Cl.O=C(C1COCCN1)N1CCN(Cc2ccc(Cl)cc2)CC1. The summed E-state index contributed by atoms with van der Waals surface area (Å²) in [5.74, 6) is 0.172. The van der Waals surface area contributed by atoms with E-state index < -0.39 is 0 Å². The molecule has 8 heteroatoms. The highest BCUT2D eigenvalue weighted by molar-refractivity contribution is 6.30. The number of nitrogens with one attached hydrogen (secondary N) is 1. The van der Waals surface area contributed by atoms with Gasteiger partial charge in [-0.05, 0) is 17.7 Å². The van der Waals surface area contributed by atoms with Crippen molar-refractivity contribution in [3.63, 3.8) is 0 Å². The largest absolute Gasteiger partial charge is 0.378 e. The average Bonchev–Trinajstić information content (AvgIpc) is 2.58. The van der Waals surface area contributed by atoms with E-state index in [-0.39, 0.29) is 36.8 Å². The lowest BCUT2D eigenvalue weighted by atomic mass is 10.2. The van der Waals surface area contributed by atoms with Gasteiger partial charge in [0.15, 0.2) is 0 Å². The first kappa shape index (κ1) is 21.5. The van der Waals surface area contributed by atoms with Crippen LogP contribution in [0.5, 0.6) is 0 Å². The quantitative estimate of drug-likeness (QED) is 0.846. The summed E-state index contributed by atoms with van der Waals surface area (Å²) in [6.45, 7) is 6.22. The molecule has 136 valence electrons. The average molecular weight is 397 g/mol. The van der Waals surface area contributed by atoms with Crippen molar-refractivity contribution in [2.24, 2.45) is 0 Å². The molecule has 24 heavy (non-hydrogen) atoms. The van der Waals surface area contributed by atoms with Gasteiger partial charge in [-0.2, -0.15) is 0 Å². The number of piperazine rings is 1. The van der Waals surface area contributed by atoms with Crippen LogP contribution in [0.25, 0.3) is 0 Å². The third-order valence-electron chi connectivity index (χ3n) is 4.22. The fourth-order valence-electron chi connectivity index (χ4n) is 2.92. The number of halogens is 3. The van der Waals surface area contributed by atoms with Gasteiger partial charge in [0.2, 0.25) is 5.91 Å². The number of nitrogens with zero attached hydrogens (tertiary/aromatic N) is 2. The second-order valence-corrected chi connectivity index (χ2v) is 6.25. The number of hydrogen-bond donors (Lipinski definition) is 1. The monoisotopic (exact) mass is 395 g/mol. The molecule has 0 aliphatic carbocycles. The van der Waals surface area contributed by atoms with E-state index in [2.05, 4.69) is 22.3 Å². The van der Waals surface area contributed by atoms with Crippen molar-refractivity contribution in [2.45, 2.75) is 12.6 Å². The number of hydrogen-bond acceptors (Lipinski definition) is 4. The first-order valence-corrected chi connectivity index (χ1v) is 8.17. The number of amides is 1. The molecule has 0 bridgehead atoms. The topological polar surface area (TPSA) is 44.8 Å². The Hall–Kier alpha value is -0.560. The Morgan fingerprint density at radius 2 is 1.83 bits per heavy atom. The molecule has 1 amide bonds. The predicted molar refractivity (Wildman–Crippen MR) is 100 cm³/mol. The van der Waals surface area contributed by atoms with E-state index in [0.717, 1.165) is 44.3 Å². The zero-order chi connectivity index (χ0) is 15.4. The van der Waals surface area contributed by atoms with E-state index in [1.807, 2.05) is 17.0 Å². The minimum Gasteiger partial charge on any atom is -0.378 e. The minimum atomic E-state index is -0.170. The van der Waals surface area contributed by atoms with Crippen LogP contribution in [0, 0.1) is 0 Å². The van der Waals surface area contributed by atoms with Crippen LogP contribution in [-0.4, -0.2) is 67.7 Å². The molecule has 1 atom stereocenters. The fourth-order valence-corrected chi connectivity index (χ4v) is 3.04. The number of benzene rings is 1. The number of rotatable bonds is 3. The van der Waals surface area contributed by atoms with Crippen molar-refractivity contribution in [1.29, 1.82) is 0 Å². The number of carbonyl (C=O) groups excluding carboxylic acids is 1. The molecule has 2 aliphatic rings. The molecular weight excluding hydrogens is 373 g/mol. The molecule has 2 aliphatic heterocycles. The van der Waals surface area contributed by atoms with E-state index in [9.17, 15) is 4.79 Å². The first-order valence-electron chi connectivity index (χ1n) is 7.79. The second kappa shape index (κ2) is 10.4. The van der Waals surface area contributed by atoms with E-state index >= 15 is 0 Å². The zero-order valence-corrected chi connectivity index (χ0v) is 15.8. The molecular formula is C16H24Cl3N3O2. The first-order chi connectivity index (χ1) is 10.7. The van der Waals surface area contributed by atoms with Crippen molar-refractivity contribution in [1.82, 2.24) is 15.1 Å². The predicted octanol–water partition coefficient (Wildman–Crippen LogP) is 1.82. The van der Waals surface area contributed by atoms with E-state index in [4.69, 9.17) is 16.3 Å². The van der Waals surface area contributed by atoms with Gasteiger partial charge in [-0.25, -0.2) is 0 Å². The summed E-state index contributed by atoms with van der Waals surface area (Å²) in [4.78, 5) is 16.7. The smallest absolute Gasteiger partial charge is 0.242 e. The molecule has 5 nitrogen and oxygen atoms in total. The Balaban J connectivity index is 0.00000144. The van der Waals surface area contributed by atoms with Gasteiger partial charge in [-0.1, -0.05) is 23.7 Å². The molecule has 0 radical (unpaired) electrons. The van der Waals surface area contributed by atoms with Crippen LogP contribution in [0.1, 0.15) is 5.56 Å². The van der Waals surface area contributed by atoms with Crippen LogP contribution in [0.3, 0.4) is 0 Å². The zero-order valence-electron chi connectivity index (χ0n) is 13.4. The van der Waals surface area contributed by atoms with E-state index in [0.29, 0.717) is 13.2 Å². The van der Waals surface area contributed by atoms with Crippen LogP contribution in [0.4, 0.5) is 0 Å². The third kappa shape index (κ3) is 5.76. The molecule has 1 aromatic carbocycles. The molecule has 1 N–H and O–H groups in total. The summed E-state index contributed by atoms with van der Waals surface area (Å²) >= 11 is 5.91. The molecule has 0 aromatic heterocycles. The fraction of sp³-hybridized carbons (Fsp3) is 0.562. The molecule has 0 saturated carbocycles. The molecule has 2 heterocycles. The van der Waals surface area contributed by atoms with Crippen molar-refractivity contribution < 1.29 is 9.53 Å². The Kier molecular flexibility index (Phi) is 9.34. The highest BCUT2D eigenvalue weighted by atomic mass is 35.5. The standard InChI is InChI=1S/C16H22ClN3O2.2ClH/c17-14-3-1-13(2-4-14)11-19-6-8-20(9-7-19)16(21)15-12-22-10-5-18-15;;/h1-4,15,18H,5-12H2;2*1H. The van der Waals surface area contributed by atoms with Crippen molar-refractivity contribution in [3.05, 3.63) is 34.9 Å². The summed E-state index contributed by atoms with van der Waals surface area (Å²) in [5.41, 5.74) is 1.26. The summed E-state index contributed by atoms with van der Waals surface area (Å²) < 4.78 is 5.37. The highest BCUT2D eigenvalue weighted by Gasteiger charge is 2.28. The van der Waals surface area contributed by atoms with Crippen LogP contribution in [0.15, 0.2) is 24.3 Å². The lowest BCUT2D eigenvalue weighted by Crippen LogP contribution is -2.57. The molecule has 0 spiro atoms. The maximum atomic E-state index is 12.4. The summed E-state index contributed by atoms with van der Waals surface area (Å²) in [7, 11) is 0. The molecule has 2 saturated heterocycles. The molecule has 1 unspecified atom stereocenters. The Labute approximate surface area is 160 Å². The molecule has 1 aromatic rings. The summed E-state index contributed by atoms with van der Waals surface area (Å²) in [6, 6.07) is 7.79. The van der Waals surface area contributed by atoms with Crippen LogP contribution < -0.4 is 5.32 Å². The lowest BCUT2D eigenvalue weighted by molar-refractivity contribution is -0.138. The molecule has 2 fully saturated rings. The van der Waals surface area contributed by atoms with Crippen LogP contribution in [0.2, 0.25) is 5.02 Å². The number of morpholine rings is 1. The van der Waals surface area contributed by atoms with Crippen molar-refractivity contribution in [3.8, 4) is 0 Å². The number of ether oxygens (including phenoxy) is 1. The normalized spacial score (nSPS) is 21.5. The van der Waals surface area contributed by atoms with Gasteiger partial charge in [-0.15, -0.1) is 24.8 Å².